The van der Waals surface area contributed by atoms with Gasteiger partial charge in [0.2, 0.25) is 0 Å². The van der Waals surface area contributed by atoms with E-state index in [1.54, 1.807) is 37.4 Å². The van der Waals surface area contributed by atoms with E-state index in [-0.39, 0.29) is 28.5 Å². The van der Waals surface area contributed by atoms with Gasteiger partial charge in [-0.25, -0.2) is 14.8 Å². The Kier molecular flexibility index (Phi) is 7.45. The first kappa shape index (κ1) is 26.5. The lowest BCUT2D eigenvalue weighted by molar-refractivity contribution is -0.133. The van der Waals surface area contributed by atoms with E-state index in [0.717, 1.165) is 28.6 Å². The number of carbonyl (C=O) groups is 1. The van der Waals surface area contributed by atoms with E-state index in [1.807, 2.05) is 32.0 Å². The quantitative estimate of drug-likeness (QED) is 0.0844. The Labute approximate surface area is 232 Å². The Hall–Kier alpha value is -4.09. The Morgan fingerprint density at radius 3 is 2.67 bits per heavy atom. The van der Waals surface area contributed by atoms with Crippen LogP contribution in [-0.2, 0) is 16.0 Å². The van der Waals surface area contributed by atoms with Crippen LogP contribution in [0.15, 0.2) is 64.2 Å². The van der Waals surface area contributed by atoms with Crippen LogP contribution in [0.4, 0.5) is 0 Å². The third-order valence-electron chi connectivity index (χ3n) is 6.31. The predicted octanol–water partition coefficient (Wildman–Crippen LogP) is 5.44. The first-order valence-electron chi connectivity index (χ1n) is 12.1. The average molecular weight is 563 g/mol. The zero-order valence-electron chi connectivity index (χ0n) is 21.8. The molecule has 3 aromatic heterocycles. The van der Waals surface area contributed by atoms with Crippen LogP contribution in [-0.4, -0.2) is 50.6 Å². The number of benzene rings is 2. The molecule has 0 bridgehead atoms. The molecule has 0 spiro atoms. The van der Waals surface area contributed by atoms with Crippen molar-refractivity contribution >= 4 is 55.9 Å². The predicted molar refractivity (Wildman–Crippen MR) is 154 cm³/mol. The van der Waals surface area contributed by atoms with Gasteiger partial charge in [0.1, 0.15) is 27.7 Å². The van der Waals surface area contributed by atoms with E-state index in [9.17, 15) is 14.7 Å². The van der Waals surface area contributed by atoms with Crippen molar-refractivity contribution in [2.45, 2.75) is 25.4 Å². The highest BCUT2D eigenvalue weighted by molar-refractivity contribution is 7.99. The number of nitrogens with zero attached hydrogens (tertiary/aromatic N) is 3. The maximum atomic E-state index is 13.9. The second kappa shape index (κ2) is 11.0. The molecular formula is C28H26N4O5S2. The number of carbonyl (C=O) groups excluding carboxylic acids is 1. The first-order chi connectivity index (χ1) is 18.9. The van der Waals surface area contributed by atoms with Crippen LogP contribution in [0.25, 0.3) is 32.5 Å². The smallest absolute Gasteiger partial charge is 0.345 e. The third kappa shape index (κ3) is 4.90. The summed E-state index contributed by atoms with van der Waals surface area (Å²) in [5, 5.41) is 12.1. The molecule has 0 aliphatic heterocycles. The summed E-state index contributed by atoms with van der Waals surface area (Å²) < 4.78 is 11.8. The van der Waals surface area contributed by atoms with Gasteiger partial charge in [0.05, 0.1) is 42.1 Å². The maximum Gasteiger partial charge on any atom is 0.345 e. The number of aromatic nitrogens is 4. The number of thiophene rings is 1. The number of hydrogen-bond acceptors (Lipinski definition) is 9. The molecule has 0 aliphatic carbocycles. The van der Waals surface area contributed by atoms with Crippen LogP contribution in [0.3, 0.4) is 0 Å². The minimum absolute atomic E-state index is 0.0611. The number of fused-ring (bicyclic) bond motifs is 2. The number of rotatable bonds is 8. The van der Waals surface area contributed by atoms with Crippen LogP contribution in [0.5, 0.6) is 5.75 Å². The number of aryl methyl sites for hydroxylation is 2. The average Bonchev–Trinajstić information content (AvgIpc) is 3.52. The molecule has 0 unspecified atom stereocenters. The van der Waals surface area contributed by atoms with Crippen molar-refractivity contribution in [3.8, 4) is 11.4 Å². The molecule has 0 atom stereocenters. The summed E-state index contributed by atoms with van der Waals surface area (Å²) in [6.45, 7) is 3.98. The monoisotopic (exact) mass is 562 g/mol. The fraction of sp³-hybridized carbons (Fsp3) is 0.214. The van der Waals surface area contributed by atoms with Gasteiger partial charge in [-0.1, -0.05) is 36.9 Å². The lowest BCUT2D eigenvalue weighted by Gasteiger charge is -2.14. The van der Waals surface area contributed by atoms with Crippen LogP contribution >= 0.6 is 23.1 Å². The minimum atomic E-state index is -0.734. The number of thioether (sulfide) groups is 1. The number of aliphatic hydroxyl groups is 1. The van der Waals surface area contributed by atoms with Crippen molar-refractivity contribution in [1.82, 2.24) is 19.5 Å². The van der Waals surface area contributed by atoms with Crippen molar-refractivity contribution in [1.29, 1.82) is 0 Å². The number of aliphatic hydroxyl groups excluding tert-OH is 1. The standard InChI is InChI=1S/C28H26N4O5S2/c1-5-21-15(2)22-25(39-21)31-28(32(26(22)34)16-9-8-10-17(13-16)36-3)38-14-20(33)23(27(35)37-4)24-29-18-11-6-7-12-19(18)30-24/h6-13,33H,5,14H2,1-4H3,(H,29,30)/b23-20+. The number of para-hydroxylation sites is 2. The fourth-order valence-electron chi connectivity index (χ4n) is 4.35. The maximum absolute atomic E-state index is 13.9. The van der Waals surface area contributed by atoms with Crippen LogP contribution in [0, 0.1) is 6.92 Å². The summed E-state index contributed by atoms with van der Waals surface area (Å²) in [7, 11) is 2.80. The molecule has 9 nitrogen and oxygen atoms in total. The number of imidazole rings is 1. The summed E-state index contributed by atoms with van der Waals surface area (Å²) in [6.07, 6.45) is 0.789. The number of esters is 1. The highest BCUT2D eigenvalue weighted by Gasteiger charge is 2.24. The summed E-state index contributed by atoms with van der Waals surface area (Å²) in [6, 6.07) is 14.5. The van der Waals surface area contributed by atoms with E-state index in [4.69, 9.17) is 14.5 Å². The number of H-pyrrole nitrogens is 1. The van der Waals surface area contributed by atoms with Gasteiger partial charge in [0.15, 0.2) is 5.16 Å². The van der Waals surface area contributed by atoms with E-state index < -0.39 is 5.97 Å². The van der Waals surface area contributed by atoms with Gasteiger partial charge < -0.3 is 19.6 Å². The largest absolute Gasteiger partial charge is 0.510 e. The fourth-order valence-corrected chi connectivity index (χ4v) is 6.40. The number of ether oxygens (including phenoxy) is 2. The van der Waals surface area contributed by atoms with Gasteiger partial charge in [0.25, 0.3) is 5.56 Å². The lowest BCUT2D eigenvalue weighted by Crippen LogP contribution is -2.22. The van der Waals surface area contributed by atoms with Gasteiger partial charge in [-0.15, -0.1) is 11.3 Å². The molecule has 0 saturated heterocycles. The number of nitrogens with one attached hydrogen (secondary N) is 1. The second-order valence-electron chi connectivity index (χ2n) is 8.62. The van der Waals surface area contributed by atoms with Crippen molar-refractivity contribution in [3.05, 3.63) is 80.9 Å². The van der Waals surface area contributed by atoms with Gasteiger partial charge >= 0.3 is 5.97 Å². The molecule has 2 aromatic carbocycles. The van der Waals surface area contributed by atoms with Crippen molar-refractivity contribution < 1.29 is 19.4 Å². The molecule has 0 radical (unpaired) electrons. The summed E-state index contributed by atoms with van der Waals surface area (Å²) in [5.74, 6) is -0.270. The van der Waals surface area contributed by atoms with E-state index in [2.05, 4.69) is 9.97 Å². The summed E-state index contributed by atoms with van der Waals surface area (Å²) in [5.41, 5.74) is 2.56. The van der Waals surface area contributed by atoms with Crippen molar-refractivity contribution in [2.24, 2.45) is 0 Å². The number of aromatic amines is 1. The molecule has 5 aromatic rings. The number of methoxy groups -OCH3 is 2. The number of hydrogen-bond donors (Lipinski definition) is 2. The highest BCUT2D eigenvalue weighted by atomic mass is 32.2. The van der Waals surface area contributed by atoms with Crippen LogP contribution in [0.1, 0.15) is 23.2 Å². The third-order valence-corrected chi connectivity index (χ3v) is 8.59. The Morgan fingerprint density at radius 2 is 1.95 bits per heavy atom. The van der Waals surface area contributed by atoms with E-state index in [0.29, 0.717) is 37.8 Å². The van der Waals surface area contributed by atoms with E-state index in [1.165, 1.54) is 23.0 Å². The summed E-state index contributed by atoms with van der Waals surface area (Å²) in [4.78, 5) is 40.6. The molecule has 39 heavy (non-hydrogen) atoms. The van der Waals surface area contributed by atoms with Gasteiger partial charge in [-0.05, 0) is 43.2 Å². The van der Waals surface area contributed by atoms with Crippen LogP contribution in [0.2, 0.25) is 0 Å². The lowest BCUT2D eigenvalue weighted by atomic mass is 10.2. The summed E-state index contributed by atoms with van der Waals surface area (Å²) >= 11 is 2.62. The van der Waals surface area contributed by atoms with Gasteiger partial charge in [0, 0.05) is 10.9 Å². The Bertz CT molecular complexity index is 1770. The zero-order valence-corrected chi connectivity index (χ0v) is 23.4. The normalized spacial score (nSPS) is 12.1. The molecule has 2 N–H and O–H groups in total. The van der Waals surface area contributed by atoms with Gasteiger partial charge in [-0.3, -0.25) is 9.36 Å². The zero-order chi connectivity index (χ0) is 27.7. The molecular weight excluding hydrogens is 536 g/mol. The molecule has 0 fully saturated rings. The van der Waals surface area contributed by atoms with E-state index >= 15 is 0 Å². The molecule has 0 aliphatic rings. The molecule has 5 rings (SSSR count). The first-order valence-corrected chi connectivity index (χ1v) is 13.9. The Balaban J connectivity index is 1.63. The SMILES string of the molecule is CCc1sc2nc(SC/C(O)=C(\C(=O)OC)c3nc4ccccc4[nH]3)n(-c3cccc(OC)c3)c(=O)c2c1C. The molecule has 3 heterocycles. The van der Waals surface area contributed by atoms with Crippen LogP contribution < -0.4 is 10.3 Å². The molecule has 200 valence electrons. The molecule has 11 heteroatoms. The molecule has 0 amide bonds. The molecule has 0 saturated carbocycles. The minimum Gasteiger partial charge on any atom is -0.510 e. The topological polar surface area (TPSA) is 119 Å². The highest BCUT2D eigenvalue weighted by Crippen LogP contribution is 2.32. The second-order valence-corrected chi connectivity index (χ2v) is 10.7. The van der Waals surface area contributed by atoms with Crippen molar-refractivity contribution in [3.63, 3.8) is 0 Å². The van der Waals surface area contributed by atoms with Gasteiger partial charge in [-0.2, -0.15) is 0 Å². The Morgan fingerprint density at radius 1 is 1.15 bits per heavy atom. The van der Waals surface area contributed by atoms with Crippen molar-refractivity contribution in [2.75, 3.05) is 20.0 Å².